The van der Waals surface area contributed by atoms with Crippen LogP contribution in [0.2, 0.25) is 0 Å². The first-order valence-electron chi connectivity index (χ1n) is 10.3. The van der Waals surface area contributed by atoms with Crippen LogP contribution < -0.4 is 5.73 Å². The predicted molar refractivity (Wildman–Crippen MR) is 110 cm³/mol. The Morgan fingerprint density at radius 1 is 1.14 bits per heavy atom. The zero-order valence-corrected chi connectivity index (χ0v) is 16.9. The molecule has 7 nitrogen and oxygen atoms in total. The molecule has 0 bridgehead atoms. The number of fused-ring (bicyclic) bond motifs is 2. The zero-order chi connectivity index (χ0) is 20.0. The molecule has 152 valence electrons. The number of aryl methyl sites for hydroxylation is 1. The number of rotatable bonds is 5. The highest BCUT2D eigenvalue weighted by Crippen LogP contribution is 2.49. The summed E-state index contributed by atoms with van der Waals surface area (Å²) in [5.74, 6) is 0.403. The molecular formula is C22H27N5O2. The van der Waals surface area contributed by atoms with Gasteiger partial charge >= 0.3 is 0 Å². The second-order valence-electron chi connectivity index (χ2n) is 8.59. The molecule has 3 aromatic heterocycles. The van der Waals surface area contributed by atoms with Crippen LogP contribution in [0, 0.1) is 5.92 Å². The second-order valence-corrected chi connectivity index (χ2v) is 8.59. The number of nitrogens with zero attached hydrogens (tertiary/aromatic N) is 4. The van der Waals surface area contributed by atoms with Gasteiger partial charge in [-0.3, -0.25) is 4.98 Å². The maximum Gasteiger partial charge on any atom is 0.163 e. The van der Waals surface area contributed by atoms with E-state index in [-0.39, 0.29) is 18.2 Å². The van der Waals surface area contributed by atoms with Gasteiger partial charge in [0.05, 0.1) is 17.5 Å². The highest BCUT2D eigenvalue weighted by Gasteiger charge is 2.54. The van der Waals surface area contributed by atoms with E-state index in [4.69, 9.17) is 15.2 Å². The second kappa shape index (κ2) is 7.07. The molecule has 29 heavy (non-hydrogen) atoms. The van der Waals surface area contributed by atoms with Crippen molar-refractivity contribution in [3.63, 3.8) is 0 Å². The lowest BCUT2D eigenvalue weighted by molar-refractivity contribution is -0.160. The fourth-order valence-corrected chi connectivity index (χ4v) is 4.99. The van der Waals surface area contributed by atoms with Gasteiger partial charge < -0.3 is 19.8 Å². The van der Waals surface area contributed by atoms with Gasteiger partial charge in [-0.2, -0.15) is 0 Å². The minimum atomic E-state index is -0.561. The lowest BCUT2D eigenvalue weighted by Crippen LogP contribution is -2.27. The number of ether oxygens (including phenoxy) is 2. The number of nitrogen functional groups attached to an aromatic ring is 1. The first-order valence-corrected chi connectivity index (χ1v) is 10.3. The zero-order valence-electron chi connectivity index (χ0n) is 16.9. The molecule has 0 spiro atoms. The molecule has 0 aromatic carbocycles. The van der Waals surface area contributed by atoms with Crippen LogP contribution in [-0.2, 0) is 15.9 Å². The molecule has 2 N–H and O–H groups in total. The number of hydrogen-bond acceptors (Lipinski definition) is 6. The monoisotopic (exact) mass is 393 g/mol. The summed E-state index contributed by atoms with van der Waals surface area (Å²) in [5.41, 5.74) is 8.24. The van der Waals surface area contributed by atoms with E-state index in [1.54, 1.807) is 0 Å². The number of hydrogen-bond donors (Lipinski definition) is 1. The molecule has 1 saturated heterocycles. The summed E-state index contributed by atoms with van der Waals surface area (Å²) in [6.07, 6.45) is 11.7. The molecule has 4 atom stereocenters. The van der Waals surface area contributed by atoms with Gasteiger partial charge in [0.2, 0.25) is 0 Å². The van der Waals surface area contributed by atoms with Crippen LogP contribution in [0.4, 0.5) is 5.82 Å². The van der Waals surface area contributed by atoms with Gasteiger partial charge in [-0.1, -0.05) is 0 Å². The van der Waals surface area contributed by atoms with Crippen LogP contribution in [0.3, 0.4) is 0 Å². The summed E-state index contributed by atoms with van der Waals surface area (Å²) < 4.78 is 14.9. The highest BCUT2D eigenvalue weighted by molar-refractivity contribution is 5.86. The first-order chi connectivity index (χ1) is 14.0. The van der Waals surface area contributed by atoms with Crippen LogP contribution in [0.15, 0.2) is 43.1 Å². The van der Waals surface area contributed by atoms with Crippen molar-refractivity contribution in [1.82, 2.24) is 19.5 Å². The van der Waals surface area contributed by atoms with Crippen molar-refractivity contribution < 1.29 is 9.47 Å². The summed E-state index contributed by atoms with van der Waals surface area (Å²) >= 11 is 0. The largest absolute Gasteiger partial charge is 0.383 e. The van der Waals surface area contributed by atoms with Crippen molar-refractivity contribution in [2.24, 2.45) is 5.92 Å². The lowest BCUT2D eigenvalue weighted by Gasteiger charge is -2.24. The minimum Gasteiger partial charge on any atom is -0.383 e. The lowest BCUT2D eigenvalue weighted by atomic mass is 9.96. The SMILES string of the molecule is CC1(C)O[C@@H]2[C@@H](CCCc3ccncc3)C[C@@H](n3ccc4c(N)ncnc43)[C@@H]2O1. The Bertz CT molecular complexity index is 1000. The van der Waals surface area contributed by atoms with Crippen LogP contribution in [-0.4, -0.2) is 37.5 Å². The van der Waals surface area contributed by atoms with Gasteiger partial charge in [0.15, 0.2) is 5.79 Å². The normalized spacial score (nSPS) is 28.1. The number of anilines is 1. The summed E-state index contributed by atoms with van der Waals surface area (Å²) in [4.78, 5) is 12.7. The van der Waals surface area contributed by atoms with E-state index in [1.165, 1.54) is 11.9 Å². The van der Waals surface area contributed by atoms with E-state index in [0.717, 1.165) is 36.7 Å². The molecule has 5 rings (SSSR count). The minimum absolute atomic E-state index is 0.0164. The average Bonchev–Trinajstić information content (AvgIpc) is 3.35. The molecule has 2 aliphatic rings. The molecule has 0 amide bonds. The molecular weight excluding hydrogens is 366 g/mol. The van der Waals surface area contributed by atoms with Gasteiger partial charge in [0.1, 0.15) is 23.9 Å². The van der Waals surface area contributed by atoms with Gasteiger partial charge in [-0.25, -0.2) is 9.97 Å². The van der Waals surface area contributed by atoms with E-state index in [2.05, 4.69) is 37.8 Å². The van der Waals surface area contributed by atoms with Crippen molar-refractivity contribution in [3.8, 4) is 0 Å². The number of aromatic nitrogens is 4. The Morgan fingerprint density at radius 2 is 1.93 bits per heavy atom. The fourth-order valence-electron chi connectivity index (χ4n) is 4.99. The van der Waals surface area contributed by atoms with E-state index >= 15 is 0 Å². The Hall–Kier alpha value is -2.51. The van der Waals surface area contributed by atoms with Crippen molar-refractivity contribution in [2.45, 2.75) is 63.6 Å². The van der Waals surface area contributed by atoms with Crippen LogP contribution in [0.5, 0.6) is 0 Å². The molecule has 0 radical (unpaired) electrons. The number of pyridine rings is 1. The summed E-state index contributed by atoms with van der Waals surface area (Å²) in [6, 6.07) is 6.36. The standard InChI is InChI=1S/C22H27N5O2/c1-22(2)28-18-15(5-3-4-14-6-9-24-10-7-14)12-17(19(18)29-22)27-11-8-16-20(23)25-13-26-21(16)27/h6-11,13,15,17-19H,3-5,12H2,1-2H3,(H2,23,25,26)/t15-,17+,18+,19-/m0/s1. The quantitative estimate of drug-likeness (QED) is 0.714. The summed E-state index contributed by atoms with van der Waals surface area (Å²) in [7, 11) is 0. The fraction of sp³-hybridized carbons (Fsp3) is 0.500. The Balaban J connectivity index is 1.38. The molecule has 3 aromatic rings. The maximum absolute atomic E-state index is 6.36. The molecule has 2 fully saturated rings. The smallest absolute Gasteiger partial charge is 0.163 e. The van der Waals surface area contributed by atoms with E-state index < -0.39 is 5.79 Å². The third-order valence-corrected chi connectivity index (χ3v) is 6.24. The summed E-state index contributed by atoms with van der Waals surface area (Å²) in [6.45, 7) is 4.01. The molecule has 1 aliphatic carbocycles. The summed E-state index contributed by atoms with van der Waals surface area (Å²) in [5, 5.41) is 0.892. The van der Waals surface area contributed by atoms with E-state index in [1.807, 2.05) is 32.3 Å². The topological polar surface area (TPSA) is 88.1 Å². The molecule has 0 unspecified atom stereocenters. The average molecular weight is 393 g/mol. The van der Waals surface area contributed by atoms with Crippen LogP contribution >= 0.6 is 0 Å². The third kappa shape index (κ3) is 3.38. The molecule has 1 aliphatic heterocycles. The third-order valence-electron chi connectivity index (χ3n) is 6.24. The van der Waals surface area contributed by atoms with Crippen molar-refractivity contribution >= 4 is 16.9 Å². The van der Waals surface area contributed by atoms with Gasteiger partial charge in [0.25, 0.3) is 0 Å². The highest BCUT2D eigenvalue weighted by atomic mass is 16.8. The molecule has 7 heteroatoms. The van der Waals surface area contributed by atoms with Crippen molar-refractivity contribution in [2.75, 3.05) is 5.73 Å². The molecule has 1 saturated carbocycles. The van der Waals surface area contributed by atoms with E-state index in [9.17, 15) is 0 Å². The van der Waals surface area contributed by atoms with Gasteiger partial charge in [0, 0.05) is 18.6 Å². The maximum atomic E-state index is 6.36. The van der Waals surface area contributed by atoms with E-state index in [0.29, 0.717) is 11.7 Å². The van der Waals surface area contributed by atoms with Crippen LogP contribution in [0.25, 0.3) is 11.0 Å². The van der Waals surface area contributed by atoms with Gasteiger partial charge in [-0.15, -0.1) is 0 Å². The number of nitrogens with two attached hydrogens (primary N) is 1. The Labute approximate surface area is 170 Å². The Morgan fingerprint density at radius 3 is 2.76 bits per heavy atom. The van der Waals surface area contributed by atoms with Crippen molar-refractivity contribution in [1.29, 1.82) is 0 Å². The first kappa shape index (κ1) is 18.5. The van der Waals surface area contributed by atoms with Gasteiger partial charge in [-0.05, 0) is 69.2 Å². The van der Waals surface area contributed by atoms with Crippen molar-refractivity contribution in [3.05, 3.63) is 48.7 Å². The Kier molecular flexibility index (Phi) is 4.52. The molecule has 4 heterocycles. The predicted octanol–water partition coefficient (Wildman–Crippen LogP) is 3.51. The van der Waals surface area contributed by atoms with Crippen LogP contribution in [0.1, 0.15) is 44.7 Å².